The van der Waals surface area contributed by atoms with Crippen LogP contribution >= 0.6 is 11.8 Å². The maximum atomic E-state index is 13.0. The molecular weight excluding hydrogens is 392 g/mol. The Hall–Kier alpha value is -2.39. The Morgan fingerprint density at radius 2 is 2.07 bits per heavy atom. The monoisotopic (exact) mass is 416 g/mol. The summed E-state index contributed by atoms with van der Waals surface area (Å²) in [6.07, 6.45) is 1.77. The molecule has 1 aromatic heterocycles. The molecule has 8 nitrogen and oxygen atoms in total. The third-order valence-electron chi connectivity index (χ3n) is 5.50. The first-order valence-electron chi connectivity index (χ1n) is 9.78. The number of carbonyl (C=O) groups is 2. The first kappa shape index (κ1) is 19.9. The van der Waals surface area contributed by atoms with E-state index in [1.807, 2.05) is 16.7 Å². The molecule has 2 fully saturated rings. The van der Waals surface area contributed by atoms with E-state index in [4.69, 9.17) is 4.74 Å². The Labute approximate surface area is 172 Å². The van der Waals surface area contributed by atoms with Crippen LogP contribution in [0.5, 0.6) is 0 Å². The Bertz CT molecular complexity index is 986. The van der Waals surface area contributed by atoms with E-state index in [2.05, 4.69) is 14.9 Å². The standard InChI is InChI=1S/C20H24N4O4S/c1-28-20(27)13-4-5-14-15(11-13)21-17(22-18(14)25)12-24-6-2-3-16(24)19(26)23-7-9-29-10-8-23/h4-5,11,16H,2-3,6-10,12H2,1H3,(H,21,22,25). The van der Waals surface area contributed by atoms with Crippen LogP contribution in [0.2, 0.25) is 0 Å². The van der Waals surface area contributed by atoms with Gasteiger partial charge < -0.3 is 14.6 Å². The molecular formula is C20H24N4O4S. The van der Waals surface area contributed by atoms with Crippen LogP contribution < -0.4 is 5.56 Å². The van der Waals surface area contributed by atoms with Crippen molar-refractivity contribution < 1.29 is 14.3 Å². The van der Waals surface area contributed by atoms with Crippen LogP contribution in [-0.4, -0.2) is 75.9 Å². The summed E-state index contributed by atoms with van der Waals surface area (Å²) in [5.74, 6) is 2.18. The first-order valence-corrected chi connectivity index (χ1v) is 10.9. The third kappa shape index (κ3) is 4.16. The van der Waals surface area contributed by atoms with E-state index in [0.717, 1.165) is 44.0 Å². The van der Waals surface area contributed by atoms with Crippen molar-refractivity contribution in [1.29, 1.82) is 0 Å². The van der Waals surface area contributed by atoms with Crippen molar-refractivity contribution in [2.45, 2.75) is 25.4 Å². The summed E-state index contributed by atoms with van der Waals surface area (Å²) in [5, 5.41) is 0.418. The van der Waals surface area contributed by atoms with Gasteiger partial charge in [0.25, 0.3) is 5.56 Å². The fourth-order valence-corrected chi connectivity index (χ4v) is 4.89. The molecule has 1 aromatic carbocycles. The Balaban J connectivity index is 1.56. The first-order chi connectivity index (χ1) is 14.1. The zero-order valence-corrected chi connectivity index (χ0v) is 17.2. The highest BCUT2D eigenvalue weighted by Crippen LogP contribution is 2.23. The number of methoxy groups -OCH3 is 1. The van der Waals surface area contributed by atoms with Crippen LogP contribution in [0.3, 0.4) is 0 Å². The molecule has 1 N–H and O–H groups in total. The van der Waals surface area contributed by atoms with Crippen LogP contribution in [0, 0.1) is 0 Å². The zero-order chi connectivity index (χ0) is 20.4. The Kier molecular flexibility index (Phi) is 5.86. The second-order valence-electron chi connectivity index (χ2n) is 7.30. The summed E-state index contributed by atoms with van der Waals surface area (Å²) in [7, 11) is 1.31. The lowest BCUT2D eigenvalue weighted by Gasteiger charge is -2.32. The largest absolute Gasteiger partial charge is 0.465 e. The SMILES string of the molecule is COC(=O)c1ccc2c(=O)[nH]c(CN3CCCC3C(=O)N3CCSCC3)nc2c1. The van der Waals surface area contributed by atoms with Gasteiger partial charge in [-0.15, -0.1) is 0 Å². The summed E-state index contributed by atoms with van der Waals surface area (Å²) in [6.45, 7) is 2.79. The number of aromatic nitrogens is 2. The number of esters is 1. The number of nitrogens with one attached hydrogen (secondary N) is 1. The van der Waals surface area contributed by atoms with Gasteiger partial charge in [0.2, 0.25) is 5.91 Å². The van der Waals surface area contributed by atoms with Crippen molar-refractivity contribution in [3.8, 4) is 0 Å². The molecule has 3 heterocycles. The predicted molar refractivity (Wildman–Crippen MR) is 111 cm³/mol. The van der Waals surface area contributed by atoms with Crippen molar-refractivity contribution in [3.05, 3.63) is 39.9 Å². The molecule has 1 unspecified atom stereocenters. The number of aromatic amines is 1. The molecule has 0 saturated carbocycles. The summed E-state index contributed by atoms with van der Waals surface area (Å²) in [5.41, 5.74) is 0.541. The Morgan fingerprint density at radius 1 is 1.28 bits per heavy atom. The average molecular weight is 417 g/mol. The van der Waals surface area contributed by atoms with Gasteiger partial charge in [-0.05, 0) is 37.6 Å². The lowest BCUT2D eigenvalue weighted by Crippen LogP contribution is -2.48. The van der Waals surface area contributed by atoms with Crippen LogP contribution in [0.15, 0.2) is 23.0 Å². The van der Waals surface area contributed by atoms with Crippen molar-refractivity contribution >= 4 is 34.5 Å². The lowest BCUT2D eigenvalue weighted by molar-refractivity contribution is -0.135. The van der Waals surface area contributed by atoms with Gasteiger partial charge in [-0.1, -0.05) is 0 Å². The molecule has 29 heavy (non-hydrogen) atoms. The number of hydrogen-bond donors (Lipinski definition) is 1. The molecule has 154 valence electrons. The van der Waals surface area contributed by atoms with Crippen LogP contribution in [0.1, 0.15) is 29.0 Å². The minimum absolute atomic E-state index is 0.166. The maximum absolute atomic E-state index is 13.0. The minimum atomic E-state index is -0.472. The maximum Gasteiger partial charge on any atom is 0.337 e. The van der Waals surface area contributed by atoms with Crippen molar-refractivity contribution in [1.82, 2.24) is 19.8 Å². The quantitative estimate of drug-likeness (QED) is 0.750. The number of likely N-dealkylation sites (tertiary alicyclic amines) is 1. The van der Waals surface area contributed by atoms with Gasteiger partial charge in [0.15, 0.2) is 0 Å². The lowest BCUT2D eigenvalue weighted by atomic mass is 10.1. The number of ether oxygens (including phenoxy) is 1. The van der Waals surface area contributed by atoms with Crippen molar-refractivity contribution in [2.24, 2.45) is 0 Å². The molecule has 2 saturated heterocycles. The molecule has 9 heteroatoms. The number of hydrogen-bond acceptors (Lipinski definition) is 7. The summed E-state index contributed by atoms with van der Waals surface area (Å²) < 4.78 is 4.75. The van der Waals surface area contributed by atoms with E-state index in [1.54, 1.807) is 18.2 Å². The second kappa shape index (κ2) is 8.54. The predicted octanol–water partition coefficient (Wildman–Crippen LogP) is 1.25. The van der Waals surface area contributed by atoms with Crippen molar-refractivity contribution in [3.63, 3.8) is 0 Å². The number of rotatable bonds is 4. The second-order valence-corrected chi connectivity index (χ2v) is 8.53. The van der Waals surface area contributed by atoms with E-state index in [1.165, 1.54) is 7.11 Å². The smallest absolute Gasteiger partial charge is 0.337 e. The molecule has 1 atom stereocenters. The van der Waals surface area contributed by atoms with Gasteiger partial charge in [-0.25, -0.2) is 9.78 Å². The number of nitrogens with zero attached hydrogens (tertiary/aromatic N) is 3. The highest BCUT2D eigenvalue weighted by Gasteiger charge is 2.34. The summed E-state index contributed by atoms with van der Waals surface area (Å²) >= 11 is 1.88. The van der Waals surface area contributed by atoms with Gasteiger partial charge in [0.05, 0.1) is 36.2 Å². The number of benzene rings is 1. The van der Waals surface area contributed by atoms with Gasteiger partial charge >= 0.3 is 5.97 Å². The number of thioether (sulfide) groups is 1. The van der Waals surface area contributed by atoms with E-state index < -0.39 is 5.97 Å². The number of amides is 1. The molecule has 2 aliphatic heterocycles. The molecule has 0 bridgehead atoms. The fourth-order valence-electron chi connectivity index (χ4n) is 3.99. The van der Waals surface area contributed by atoms with Crippen LogP contribution in [0.25, 0.3) is 10.9 Å². The Morgan fingerprint density at radius 3 is 2.83 bits per heavy atom. The van der Waals surface area contributed by atoms with Gasteiger partial charge in [-0.3, -0.25) is 14.5 Å². The van der Waals surface area contributed by atoms with E-state index in [9.17, 15) is 14.4 Å². The van der Waals surface area contributed by atoms with E-state index in [-0.39, 0.29) is 17.5 Å². The normalized spacial score (nSPS) is 20.2. The zero-order valence-electron chi connectivity index (χ0n) is 16.3. The molecule has 2 aromatic rings. The highest BCUT2D eigenvalue weighted by molar-refractivity contribution is 7.99. The van der Waals surface area contributed by atoms with Gasteiger partial charge in [0.1, 0.15) is 5.82 Å². The highest BCUT2D eigenvalue weighted by atomic mass is 32.2. The minimum Gasteiger partial charge on any atom is -0.465 e. The number of fused-ring (bicyclic) bond motifs is 1. The molecule has 0 aliphatic carbocycles. The fraction of sp³-hybridized carbons (Fsp3) is 0.500. The van der Waals surface area contributed by atoms with E-state index in [0.29, 0.717) is 28.8 Å². The molecule has 1 amide bonds. The van der Waals surface area contributed by atoms with Gasteiger partial charge in [-0.2, -0.15) is 11.8 Å². The molecule has 0 radical (unpaired) electrons. The van der Waals surface area contributed by atoms with Gasteiger partial charge in [0, 0.05) is 24.6 Å². The topological polar surface area (TPSA) is 95.6 Å². The molecule has 0 spiro atoms. The number of carbonyl (C=O) groups excluding carboxylic acids is 2. The summed E-state index contributed by atoms with van der Waals surface area (Å²) in [4.78, 5) is 48.7. The number of H-pyrrole nitrogens is 1. The summed E-state index contributed by atoms with van der Waals surface area (Å²) in [6, 6.07) is 4.53. The average Bonchev–Trinajstić information content (AvgIpc) is 3.20. The third-order valence-corrected chi connectivity index (χ3v) is 6.44. The molecule has 4 rings (SSSR count). The van der Waals surface area contributed by atoms with E-state index >= 15 is 0 Å². The molecule has 2 aliphatic rings. The van der Waals surface area contributed by atoms with Crippen molar-refractivity contribution in [2.75, 3.05) is 38.2 Å². The van der Waals surface area contributed by atoms with Crippen LogP contribution in [-0.2, 0) is 16.1 Å². The van der Waals surface area contributed by atoms with Crippen LogP contribution in [0.4, 0.5) is 0 Å².